The number of aromatic nitrogens is 8. The van der Waals surface area contributed by atoms with E-state index in [4.69, 9.17) is 0 Å². The molecular weight excluding hydrogens is 1670 g/mol. The van der Waals surface area contributed by atoms with E-state index in [0.717, 1.165) is 48.5 Å². The predicted octanol–water partition coefficient (Wildman–Crippen LogP) is 25.4. The van der Waals surface area contributed by atoms with Crippen LogP contribution in [-0.2, 0) is 0 Å². The molecule has 0 unspecified atom stereocenters. The molecule has 0 radical (unpaired) electrons. The van der Waals surface area contributed by atoms with E-state index in [1.54, 1.807) is 0 Å². The largest absolute Gasteiger partial charge is 0.354 e. The lowest BCUT2D eigenvalue weighted by atomic mass is 9.94. The molecule has 0 saturated heterocycles. The number of hydrogen-bond donors (Lipinski definition) is 4. The highest BCUT2D eigenvalue weighted by Gasteiger charge is 2.40. The van der Waals surface area contributed by atoms with Gasteiger partial charge in [0.1, 0.15) is 11.6 Å². The maximum atomic E-state index is 18.0. The van der Waals surface area contributed by atoms with Crippen molar-refractivity contribution >= 4 is 101 Å². The average Bonchev–Trinajstić information content (AvgIpc) is 1.53. The molecule has 8 nitrogen and oxygen atoms in total. The van der Waals surface area contributed by atoms with E-state index in [2.05, 4.69) is 29.9 Å². The fraction of sp³-hybridized carbons (Fsp3) is 0. The molecule has 120 heavy (non-hydrogen) atoms. The topological polar surface area (TPSA) is 97.8 Å². The van der Waals surface area contributed by atoms with Gasteiger partial charge >= 0.3 is 0 Å². The van der Waals surface area contributed by atoms with Crippen LogP contribution in [0, 0.1) is 175 Å². The second-order valence-electron chi connectivity index (χ2n) is 26.6. The lowest BCUT2D eigenvalue weighted by Crippen LogP contribution is -2.06. The molecule has 0 aliphatic carbocycles. The lowest BCUT2D eigenvalue weighted by molar-refractivity contribution is 0.381. The summed E-state index contributed by atoms with van der Waals surface area (Å²) in [5, 5.41) is -4.01. The molecule has 0 amide bonds. The highest BCUT2D eigenvalue weighted by atomic mass is 19.2. The van der Waals surface area contributed by atoms with Gasteiger partial charge in [-0.1, -0.05) is 36.4 Å². The summed E-state index contributed by atoms with van der Waals surface area (Å²) in [6, 6.07) is 12.4. The number of rotatable bonds is 7. The summed E-state index contributed by atoms with van der Waals surface area (Å²) in [4.78, 5) is 18.5. The highest BCUT2D eigenvalue weighted by Crippen LogP contribution is 2.53. The number of nitrogens with zero attached hydrogens (tertiary/aromatic N) is 4. The molecule has 10 heterocycles. The molecule has 0 spiro atoms. The minimum Gasteiger partial charge on any atom is -0.354 e. The van der Waals surface area contributed by atoms with Gasteiger partial charge in [0.25, 0.3) is 0 Å². The molecule has 8 aromatic heterocycles. The molecule has 16 bridgehead atoms. The Morgan fingerprint density at radius 1 is 0.183 bits per heavy atom. The van der Waals surface area contributed by atoms with Crippen LogP contribution in [0.3, 0.4) is 0 Å². The van der Waals surface area contributed by atoms with Crippen molar-refractivity contribution in [1.82, 2.24) is 38.7 Å². The van der Waals surface area contributed by atoms with E-state index in [1.165, 1.54) is 0 Å². The van der Waals surface area contributed by atoms with E-state index >= 15 is 132 Å². The first-order valence-corrected chi connectivity index (χ1v) is 33.8. The van der Waals surface area contributed by atoms with Crippen LogP contribution in [0.5, 0.6) is 0 Å². The molecule has 38 heteroatoms. The van der Waals surface area contributed by atoms with Crippen LogP contribution in [0.4, 0.5) is 132 Å². The van der Waals surface area contributed by atoms with Gasteiger partial charge in [-0.15, -0.1) is 0 Å². The number of halogens is 30. The van der Waals surface area contributed by atoms with Crippen LogP contribution in [0.2, 0.25) is 0 Å². The zero-order valence-corrected chi connectivity index (χ0v) is 57.7. The Balaban J connectivity index is 1.22. The summed E-state index contributed by atoms with van der Waals surface area (Å²) in [6.07, 6.45) is 2.72. The minimum absolute atomic E-state index is 0.530. The van der Waals surface area contributed by atoms with Gasteiger partial charge in [0.05, 0.1) is 67.2 Å². The first-order valence-electron chi connectivity index (χ1n) is 33.8. The van der Waals surface area contributed by atoms with Crippen LogP contribution in [0.15, 0.2) is 97.1 Å². The Labute approximate surface area is 642 Å². The van der Waals surface area contributed by atoms with Crippen molar-refractivity contribution in [2.45, 2.75) is 0 Å². The van der Waals surface area contributed by atoms with Crippen LogP contribution < -0.4 is 0 Å². The fourth-order valence-corrected chi connectivity index (χ4v) is 15.3. The molecule has 0 saturated carbocycles. The minimum atomic E-state index is -2.95. The van der Waals surface area contributed by atoms with Crippen LogP contribution in [-0.4, -0.2) is 38.7 Å². The predicted molar refractivity (Wildman–Crippen MR) is 374 cm³/mol. The Hall–Kier alpha value is -14.4. The van der Waals surface area contributed by atoms with E-state index in [1.807, 2.05) is 0 Å². The second-order valence-corrected chi connectivity index (χ2v) is 26.6. The van der Waals surface area contributed by atoms with E-state index in [9.17, 15) is 0 Å². The van der Waals surface area contributed by atoms with Crippen molar-refractivity contribution in [2.75, 3.05) is 0 Å². The maximum Gasteiger partial charge on any atom is 0.200 e. The Bertz CT molecular complexity index is 7180. The fourth-order valence-electron chi connectivity index (χ4n) is 15.3. The standard InChI is InChI=1S/C82H24F30N8/c83-51-45(52(84)64(96)75(107)63(51)95)39-23-9-11-27(113-23)41(47-55(87)67(99)77(109)68(100)56(47)88)29-17-19-35(117-29)119-33-7-3-1-5-21(33)37(43(31-15-13-25(39)115-31)49-59(91)71(103)79(111)72(104)60(49)92)81(119)82-38-22-6-2-4-8-34(22)120(82)36-20-18-30(118-36)42(48-57(89)69(101)78(110)70(102)58(48)90)28-12-10-24(114-28)40(46-53(85)65(97)76(108)66(98)54(46)86)26-14-16-32(116-26)44(38)50-61(93)73(105)80(112)74(106)62(50)94/h1-20,113-116H. The monoisotopic (exact) mass is 1690 g/mol. The number of aromatic amines is 4. The summed E-state index contributed by atoms with van der Waals surface area (Å²) in [7, 11) is 0. The molecular formula is C82H24F30N8. The van der Waals surface area contributed by atoms with Gasteiger partial charge in [0.2, 0.25) is 34.9 Å². The SMILES string of the molecule is Fc1c(F)c(F)c(-c2c3nc(n4c(-c5c6c(-c7c(F)c(F)c(F)c(F)c7F)c7ccc([nH]7)c(-c7c(F)c(F)c(F)c(F)c7F)c7ccc([nH]7)c(-c7c(F)c(F)c(F)c(F)c7F)c7nc(n5c5ccccc65)C=C7)c(c(-c5c(F)c(F)c(F)c(F)c5F)c5ccc([nH]5)c(-c5c(F)c(F)c(F)c(F)c5F)c5ccc2[nH]5)c2ccccc24)C=C3)c(F)c1F. The molecule has 0 fully saturated rings. The molecule has 0 atom stereocenters. The van der Waals surface area contributed by atoms with Crippen molar-refractivity contribution in [3.8, 4) is 78.1 Å². The zero-order valence-electron chi connectivity index (χ0n) is 57.7. The smallest absolute Gasteiger partial charge is 0.200 e. The van der Waals surface area contributed by atoms with Gasteiger partial charge in [0, 0.05) is 99.1 Å². The van der Waals surface area contributed by atoms with Gasteiger partial charge in [0.15, 0.2) is 140 Å². The second kappa shape index (κ2) is 27.1. The summed E-state index contributed by atoms with van der Waals surface area (Å²) >= 11 is 0. The molecule has 602 valence electrons. The van der Waals surface area contributed by atoms with Crippen LogP contribution in [0.25, 0.3) is 179 Å². The van der Waals surface area contributed by atoms with Crippen molar-refractivity contribution < 1.29 is 132 Å². The third-order valence-corrected chi connectivity index (χ3v) is 20.4. The summed E-state index contributed by atoms with van der Waals surface area (Å²) in [5.74, 6) is -86.3. The Morgan fingerprint density at radius 2 is 0.367 bits per heavy atom. The van der Waals surface area contributed by atoms with E-state index in [-0.39, 0.29) is 0 Å². The van der Waals surface area contributed by atoms with Gasteiger partial charge in [-0.2, -0.15) is 0 Å². The van der Waals surface area contributed by atoms with Gasteiger partial charge in [-0.3, -0.25) is 8.80 Å². The number of hydrogen-bond acceptors (Lipinski definition) is 2. The first kappa shape index (κ1) is 76.9. The number of para-hydroxylation sites is 2. The van der Waals surface area contributed by atoms with E-state index in [0.29, 0.717) is 81.6 Å². The molecule has 2 aliphatic rings. The Morgan fingerprint density at radius 3 is 0.600 bits per heavy atom. The number of nitrogens with one attached hydrogen (secondary N) is 4. The molecule has 4 N–H and O–H groups in total. The third-order valence-electron chi connectivity index (χ3n) is 20.4. The third kappa shape index (κ3) is 10.6. The summed E-state index contributed by atoms with van der Waals surface area (Å²) < 4.78 is 496. The van der Waals surface area contributed by atoms with Crippen molar-refractivity contribution in [3.05, 3.63) is 295 Å². The normalized spacial score (nSPS) is 12.3. The molecule has 8 aromatic carbocycles. The van der Waals surface area contributed by atoms with Gasteiger partial charge < -0.3 is 19.9 Å². The maximum absolute atomic E-state index is 18.0. The summed E-state index contributed by atoms with van der Waals surface area (Å²) in [5.41, 5.74) is -36.2. The van der Waals surface area contributed by atoms with E-state index < -0.39 is 352 Å². The molecule has 18 rings (SSSR count). The number of fused-ring (bicyclic) bond motifs is 25. The zero-order chi connectivity index (χ0) is 85.3. The highest BCUT2D eigenvalue weighted by molar-refractivity contribution is 6.23. The molecule has 16 aromatic rings. The number of benzene rings is 8. The quantitative estimate of drug-likeness (QED) is 0.0726. The van der Waals surface area contributed by atoms with Crippen LogP contribution >= 0.6 is 0 Å². The lowest BCUT2D eigenvalue weighted by Gasteiger charge is -2.15. The van der Waals surface area contributed by atoms with Crippen molar-refractivity contribution in [3.63, 3.8) is 0 Å². The van der Waals surface area contributed by atoms with Crippen molar-refractivity contribution in [2.24, 2.45) is 0 Å². The Kier molecular flexibility index (Phi) is 17.4. The number of H-pyrrole nitrogens is 4. The van der Waals surface area contributed by atoms with Gasteiger partial charge in [-0.25, -0.2) is 142 Å². The van der Waals surface area contributed by atoms with Gasteiger partial charge in [-0.05, 0) is 85.0 Å². The van der Waals surface area contributed by atoms with Crippen LogP contribution in [0.1, 0.15) is 23.0 Å². The molecule has 2 aliphatic heterocycles. The first-order chi connectivity index (χ1) is 57.1. The summed E-state index contributed by atoms with van der Waals surface area (Å²) in [6.45, 7) is 0. The van der Waals surface area contributed by atoms with Crippen molar-refractivity contribution in [1.29, 1.82) is 0 Å². The average molecular weight is 1690 g/mol.